The zero-order valence-corrected chi connectivity index (χ0v) is 10.8. The Kier molecular flexibility index (Phi) is 3.89. The Morgan fingerprint density at radius 1 is 1.20 bits per heavy atom. The molecule has 3 N–H and O–H groups in total. The first-order valence-corrected chi connectivity index (χ1v) is 6.01. The van der Waals surface area contributed by atoms with Gasteiger partial charge in [0.1, 0.15) is 11.6 Å². The molecule has 0 saturated heterocycles. The summed E-state index contributed by atoms with van der Waals surface area (Å²) in [6, 6.07) is 9.25. The first-order chi connectivity index (χ1) is 9.45. The van der Waals surface area contributed by atoms with Crippen LogP contribution in [0.3, 0.4) is 0 Å². The molecule has 2 aromatic rings. The van der Waals surface area contributed by atoms with E-state index >= 15 is 0 Å². The molecule has 0 amide bonds. The average molecular weight is 275 g/mol. The maximum Gasteiger partial charge on any atom is 0.330 e. The smallest absolute Gasteiger partial charge is 0.330 e. The molecule has 0 saturated carbocycles. The summed E-state index contributed by atoms with van der Waals surface area (Å²) < 4.78 is 13.3. The Morgan fingerprint density at radius 2 is 1.85 bits per heavy atom. The lowest BCUT2D eigenvalue weighted by molar-refractivity contribution is -0.138. The van der Waals surface area contributed by atoms with Crippen LogP contribution in [-0.4, -0.2) is 16.2 Å². The van der Waals surface area contributed by atoms with Crippen LogP contribution in [0, 0.1) is 12.7 Å². The van der Waals surface area contributed by atoms with Gasteiger partial charge in [-0.2, -0.15) is 0 Å². The van der Waals surface area contributed by atoms with Crippen molar-refractivity contribution in [3.05, 3.63) is 59.4 Å². The highest BCUT2D eigenvalue weighted by Crippen LogP contribution is 2.24. The van der Waals surface area contributed by atoms with E-state index < -0.39 is 17.8 Å². The molecule has 20 heavy (non-hydrogen) atoms. The minimum Gasteiger partial charge on any atom is -0.508 e. The van der Waals surface area contributed by atoms with E-state index in [-0.39, 0.29) is 11.3 Å². The summed E-state index contributed by atoms with van der Waals surface area (Å²) in [6.45, 7) is 1.92. The molecule has 0 spiro atoms. The van der Waals surface area contributed by atoms with Gasteiger partial charge in [-0.3, -0.25) is 0 Å². The summed E-state index contributed by atoms with van der Waals surface area (Å²) in [5, 5.41) is 21.4. The fraction of sp³-hybridized carbons (Fsp3) is 0.133. The third-order valence-corrected chi connectivity index (χ3v) is 2.85. The van der Waals surface area contributed by atoms with Gasteiger partial charge in [-0.25, -0.2) is 9.18 Å². The van der Waals surface area contributed by atoms with Gasteiger partial charge in [-0.05, 0) is 36.8 Å². The van der Waals surface area contributed by atoms with Crippen LogP contribution in [0.5, 0.6) is 5.75 Å². The second kappa shape index (κ2) is 5.61. The average Bonchev–Trinajstić information content (AvgIpc) is 2.36. The molecule has 4 nitrogen and oxygen atoms in total. The summed E-state index contributed by atoms with van der Waals surface area (Å²) in [5.74, 6) is -2.15. The summed E-state index contributed by atoms with van der Waals surface area (Å²) in [4.78, 5) is 11.3. The van der Waals surface area contributed by atoms with E-state index in [0.29, 0.717) is 5.69 Å². The monoisotopic (exact) mass is 275 g/mol. The van der Waals surface area contributed by atoms with Crippen molar-refractivity contribution in [2.45, 2.75) is 13.0 Å². The first kappa shape index (κ1) is 13.9. The van der Waals surface area contributed by atoms with Gasteiger partial charge in [0.25, 0.3) is 0 Å². The summed E-state index contributed by atoms with van der Waals surface area (Å²) in [6.07, 6.45) is 0. The van der Waals surface area contributed by atoms with E-state index in [1.165, 1.54) is 6.07 Å². The van der Waals surface area contributed by atoms with Crippen molar-refractivity contribution in [1.82, 2.24) is 0 Å². The molecule has 0 bridgehead atoms. The van der Waals surface area contributed by atoms with Gasteiger partial charge in [0.05, 0.1) is 0 Å². The molecule has 0 heterocycles. The number of carbonyl (C=O) groups is 1. The maximum absolute atomic E-state index is 13.3. The lowest BCUT2D eigenvalue weighted by Gasteiger charge is -2.16. The Balaban J connectivity index is 2.31. The Morgan fingerprint density at radius 3 is 2.40 bits per heavy atom. The number of aliphatic carboxylic acids is 1. The van der Waals surface area contributed by atoms with Crippen molar-refractivity contribution < 1.29 is 19.4 Å². The van der Waals surface area contributed by atoms with Gasteiger partial charge >= 0.3 is 5.97 Å². The number of aryl methyl sites for hydroxylation is 1. The van der Waals surface area contributed by atoms with Crippen molar-refractivity contribution in [1.29, 1.82) is 0 Å². The quantitative estimate of drug-likeness (QED) is 0.802. The van der Waals surface area contributed by atoms with Crippen molar-refractivity contribution in [3.63, 3.8) is 0 Å². The van der Waals surface area contributed by atoms with E-state index in [2.05, 4.69) is 5.32 Å². The van der Waals surface area contributed by atoms with Crippen LogP contribution in [0.2, 0.25) is 0 Å². The number of anilines is 1. The number of phenols is 1. The van der Waals surface area contributed by atoms with Crippen molar-refractivity contribution in [2.24, 2.45) is 0 Å². The number of carboxylic acids is 1. The SMILES string of the molecule is Cc1ccc(NC(C(=O)O)c2cc(O)cc(F)c2)cc1. The van der Waals surface area contributed by atoms with Crippen molar-refractivity contribution in [2.75, 3.05) is 5.32 Å². The summed E-state index contributed by atoms with van der Waals surface area (Å²) in [7, 11) is 0. The summed E-state index contributed by atoms with van der Waals surface area (Å²) in [5.41, 5.74) is 1.80. The van der Waals surface area contributed by atoms with E-state index in [1.807, 2.05) is 19.1 Å². The van der Waals surface area contributed by atoms with E-state index in [9.17, 15) is 19.4 Å². The Labute approximate surface area is 115 Å². The highest BCUT2D eigenvalue weighted by atomic mass is 19.1. The van der Waals surface area contributed by atoms with Crippen LogP contribution in [0.25, 0.3) is 0 Å². The lowest BCUT2D eigenvalue weighted by Crippen LogP contribution is -2.20. The molecule has 104 valence electrons. The predicted molar refractivity (Wildman–Crippen MR) is 73.2 cm³/mol. The number of carboxylic acid groups (broad SMARTS) is 1. The lowest BCUT2D eigenvalue weighted by atomic mass is 10.1. The second-order valence-corrected chi connectivity index (χ2v) is 4.52. The maximum atomic E-state index is 13.3. The zero-order chi connectivity index (χ0) is 14.7. The molecule has 5 heteroatoms. The third kappa shape index (κ3) is 3.26. The fourth-order valence-corrected chi connectivity index (χ4v) is 1.87. The van der Waals surface area contributed by atoms with Gasteiger partial charge in [0, 0.05) is 11.8 Å². The van der Waals surface area contributed by atoms with Crippen LogP contribution in [0.1, 0.15) is 17.2 Å². The molecule has 0 aromatic heterocycles. The summed E-state index contributed by atoms with van der Waals surface area (Å²) >= 11 is 0. The van der Waals surface area contributed by atoms with Gasteiger partial charge < -0.3 is 15.5 Å². The third-order valence-electron chi connectivity index (χ3n) is 2.85. The van der Waals surface area contributed by atoms with Gasteiger partial charge in [-0.15, -0.1) is 0 Å². The van der Waals surface area contributed by atoms with Gasteiger partial charge in [0.2, 0.25) is 0 Å². The Hall–Kier alpha value is -2.56. The number of phenolic OH excluding ortho intramolecular Hbond substituents is 1. The molecule has 0 aliphatic carbocycles. The molecule has 0 radical (unpaired) electrons. The molecule has 1 atom stereocenters. The highest BCUT2D eigenvalue weighted by molar-refractivity contribution is 5.79. The topological polar surface area (TPSA) is 69.6 Å². The van der Waals surface area contributed by atoms with E-state index in [1.54, 1.807) is 12.1 Å². The molecule has 0 aliphatic heterocycles. The fourth-order valence-electron chi connectivity index (χ4n) is 1.87. The van der Waals surface area contributed by atoms with Crippen LogP contribution >= 0.6 is 0 Å². The standard InChI is InChI=1S/C15H14FNO3/c1-9-2-4-12(5-3-9)17-14(15(19)20)10-6-11(16)8-13(18)7-10/h2-8,14,17-18H,1H3,(H,19,20). The second-order valence-electron chi connectivity index (χ2n) is 4.52. The number of rotatable bonds is 4. The number of aromatic hydroxyl groups is 1. The normalized spacial score (nSPS) is 11.9. The zero-order valence-electron chi connectivity index (χ0n) is 10.8. The van der Waals surface area contributed by atoms with Gasteiger partial charge in [-0.1, -0.05) is 17.7 Å². The van der Waals surface area contributed by atoms with Crippen molar-refractivity contribution >= 4 is 11.7 Å². The first-order valence-electron chi connectivity index (χ1n) is 6.01. The van der Waals surface area contributed by atoms with E-state index in [0.717, 1.165) is 17.7 Å². The molecule has 0 aliphatic rings. The molecule has 2 aromatic carbocycles. The van der Waals surface area contributed by atoms with Crippen LogP contribution < -0.4 is 5.32 Å². The highest BCUT2D eigenvalue weighted by Gasteiger charge is 2.21. The minimum absolute atomic E-state index is 0.149. The largest absolute Gasteiger partial charge is 0.508 e. The molecule has 1 unspecified atom stereocenters. The number of benzene rings is 2. The minimum atomic E-state index is -1.16. The van der Waals surface area contributed by atoms with Crippen molar-refractivity contribution in [3.8, 4) is 5.75 Å². The van der Waals surface area contributed by atoms with Crippen LogP contribution in [-0.2, 0) is 4.79 Å². The van der Waals surface area contributed by atoms with E-state index in [4.69, 9.17) is 0 Å². The molecule has 0 fully saturated rings. The molecule has 2 rings (SSSR count). The number of halogens is 1. The van der Waals surface area contributed by atoms with Crippen LogP contribution in [0.15, 0.2) is 42.5 Å². The molecular weight excluding hydrogens is 261 g/mol. The number of hydrogen-bond donors (Lipinski definition) is 3. The Bertz CT molecular complexity index is 605. The predicted octanol–water partition coefficient (Wildman–Crippen LogP) is 3.08. The number of nitrogens with one attached hydrogen (secondary N) is 1. The van der Waals surface area contributed by atoms with Gasteiger partial charge in [0.15, 0.2) is 6.04 Å². The van der Waals surface area contributed by atoms with Crippen LogP contribution in [0.4, 0.5) is 10.1 Å². The number of hydrogen-bond acceptors (Lipinski definition) is 3. The molecular formula is C15H14FNO3.